The van der Waals surface area contributed by atoms with Crippen molar-refractivity contribution in [3.63, 3.8) is 0 Å². The lowest BCUT2D eigenvalue weighted by molar-refractivity contribution is 0.0772. The van der Waals surface area contributed by atoms with Gasteiger partial charge in [0.1, 0.15) is 18.1 Å². The summed E-state index contributed by atoms with van der Waals surface area (Å²) in [7, 11) is 0. The predicted molar refractivity (Wildman–Crippen MR) is 111 cm³/mol. The van der Waals surface area contributed by atoms with Gasteiger partial charge in [-0.3, -0.25) is 9.78 Å². The van der Waals surface area contributed by atoms with Crippen molar-refractivity contribution in [3.05, 3.63) is 58.6 Å². The van der Waals surface area contributed by atoms with Crippen LogP contribution in [0.5, 0.6) is 5.88 Å². The average molecular weight is 431 g/mol. The maximum absolute atomic E-state index is 12.5. The van der Waals surface area contributed by atoms with Crippen molar-refractivity contribution in [2.24, 2.45) is 0 Å². The summed E-state index contributed by atoms with van der Waals surface area (Å²) in [5, 5.41) is 4.63. The normalized spacial score (nSPS) is 14.1. The van der Waals surface area contributed by atoms with Gasteiger partial charge < -0.3 is 14.2 Å². The molecular formula is C20H19ClN4O3S. The van der Waals surface area contributed by atoms with E-state index in [1.807, 2.05) is 23.6 Å². The highest BCUT2D eigenvalue weighted by atomic mass is 35.5. The molecule has 0 aliphatic carbocycles. The van der Waals surface area contributed by atoms with Gasteiger partial charge in [0.15, 0.2) is 0 Å². The fraction of sp³-hybridized carbons (Fsp3) is 0.300. The fourth-order valence-corrected chi connectivity index (χ4v) is 3.98. The molecule has 150 valence electrons. The summed E-state index contributed by atoms with van der Waals surface area (Å²) in [6, 6.07) is 6.97. The zero-order valence-corrected chi connectivity index (χ0v) is 17.4. The maximum atomic E-state index is 12.5. The minimum atomic E-state index is 0.00956. The van der Waals surface area contributed by atoms with Gasteiger partial charge in [-0.25, -0.2) is 4.98 Å². The number of pyridine rings is 2. The van der Waals surface area contributed by atoms with Crippen LogP contribution < -0.4 is 4.74 Å². The first-order chi connectivity index (χ1) is 14.1. The molecule has 9 heteroatoms. The number of ether oxygens (including phenoxy) is 1. The second kappa shape index (κ2) is 8.84. The van der Waals surface area contributed by atoms with E-state index < -0.39 is 0 Å². The Morgan fingerprint density at radius 3 is 2.72 bits per heavy atom. The second-order valence-corrected chi connectivity index (χ2v) is 8.17. The largest absolute Gasteiger partial charge is 0.473 e. The smallest absolute Gasteiger partial charge is 0.255 e. The third-order valence-corrected chi connectivity index (χ3v) is 5.77. The molecule has 3 aromatic heterocycles. The fourth-order valence-electron chi connectivity index (χ4n) is 2.97. The van der Waals surface area contributed by atoms with Crippen LogP contribution in [-0.2, 0) is 6.61 Å². The number of amides is 1. The molecule has 1 aliphatic heterocycles. The van der Waals surface area contributed by atoms with Gasteiger partial charge in [0.05, 0.1) is 21.8 Å². The van der Waals surface area contributed by atoms with Crippen molar-refractivity contribution >= 4 is 29.3 Å². The number of carbonyl (C=O) groups is 1. The summed E-state index contributed by atoms with van der Waals surface area (Å²) >= 11 is 7.77. The van der Waals surface area contributed by atoms with Crippen LogP contribution in [0.3, 0.4) is 0 Å². The van der Waals surface area contributed by atoms with Gasteiger partial charge in [0, 0.05) is 43.1 Å². The molecule has 0 N–H and O–H groups in total. The number of hydrogen-bond donors (Lipinski definition) is 0. The van der Waals surface area contributed by atoms with Crippen LogP contribution in [-0.4, -0.2) is 50.5 Å². The summed E-state index contributed by atoms with van der Waals surface area (Å²) < 4.78 is 11.1. The van der Waals surface area contributed by atoms with E-state index in [-0.39, 0.29) is 12.5 Å². The lowest BCUT2D eigenvalue weighted by Gasteiger charge is -2.26. The first-order valence-corrected chi connectivity index (χ1v) is 10.7. The lowest BCUT2D eigenvalue weighted by atomic mass is 10.1. The quantitative estimate of drug-likeness (QED) is 0.607. The Balaban J connectivity index is 1.44. The van der Waals surface area contributed by atoms with E-state index in [0.717, 1.165) is 30.2 Å². The number of hydrogen-bond acceptors (Lipinski definition) is 7. The van der Waals surface area contributed by atoms with Crippen LogP contribution in [0.4, 0.5) is 0 Å². The number of nitrogens with zero attached hydrogens (tertiary/aromatic N) is 4. The predicted octanol–water partition coefficient (Wildman–Crippen LogP) is 3.86. The highest BCUT2D eigenvalue weighted by molar-refractivity contribution is 7.99. The maximum Gasteiger partial charge on any atom is 0.255 e. The third-order valence-electron chi connectivity index (χ3n) is 4.60. The van der Waals surface area contributed by atoms with E-state index in [1.54, 1.807) is 36.7 Å². The van der Waals surface area contributed by atoms with Crippen molar-refractivity contribution in [2.75, 3.05) is 24.6 Å². The summed E-state index contributed by atoms with van der Waals surface area (Å²) in [6.45, 7) is 3.59. The molecule has 0 radical (unpaired) electrons. The summed E-state index contributed by atoms with van der Waals surface area (Å²) in [5.74, 6) is 3.03. The zero-order chi connectivity index (χ0) is 20.2. The topological polar surface area (TPSA) is 81.3 Å². The third kappa shape index (κ3) is 4.54. The van der Waals surface area contributed by atoms with Crippen LogP contribution in [0.25, 0.3) is 11.4 Å². The van der Waals surface area contributed by atoms with Gasteiger partial charge in [-0.2, -0.15) is 11.8 Å². The molecule has 1 fully saturated rings. The first kappa shape index (κ1) is 19.7. The van der Waals surface area contributed by atoms with E-state index in [1.165, 1.54) is 0 Å². The molecular weight excluding hydrogens is 412 g/mol. The SMILES string of the molecule is Cc1onc(-c2ccc(Cl)cn2)c1COc1ccc(C(=O)N2CCSCC2)cn1. The summed E-state index contributed by atoms with van der Waals surface area (Å²) in [4.78, 5) is 22.9. The van der Waals surface area contributed by atoms with Gasteiger partial charge in [0.2, 0.25) is 5.88 Å². The van der Waals surface area contributed by atoms with E-state index in [4.69, 9.17) is 20.9 Å². The Bertz CT molecular complexity index is 986. The molecule has 0 unspecified atom stereocenters. The number of aryl methyl sites for hydroxylation is 1. The molecule has 3 aromatic rings. The van der Waals surface area contributed by atoms with E-state index in [9.17, 15) is 4.79 Å². The highest BCUT2D eigenvalue weighted by Crippen LogP contribution is 2.25. The number of carbonyl (C=O) groups excluding carboxylic acids is 1. The van der Waals surface area contributed by atoms with Crippen LogP contribution >= 0.6 is 23.4 Å². The van der Waals surface area contributed by atoms with Gasteiger partial charge in [-0.05, 0) is 25.1 Å². The van der Waals surface area contributed by atoms with Gasteiger partial charge in [-0.15, -0.1) is 0 Å². The highest BCUT2D eigenvalue weighted by Gasteiger charge is 2.19. The standard InChI is InChI=1S/C20H19ClN4O3S/c1-13-16(19(24-28-13)17-4-3-15(21)11-22-17)12-27-18-5-2-14(10-23-18)20(26)25-6-8-29-9-7-25/h2-5,10-11H,6-9,12H2,1H3. The Hall–Kier alpha value is -2.58. The Labute approximate surface area is 177 Å². The number of thioether (sulfide) groups is 1. The molecule has 0 saturated carbocycles. The number of rotatable bonds is 5. The summed E-state index contributed by atoms with van der Waals surface area (Å²) in [5.41, 5.74) is 2.61. The van der Waals surface area contributed by atoms with Crippen molar-refractivity contribution in [1.82, 2.24) is 20.0 Å². The van der Waals surface area contributed by atoms with Crippen LogP contribution in [0.15, 0.2) is 41.2 Å². The summed E-state index contributed by atoms with van der Waals surface area (Å²) in [6.07, 6.45) is 3.12. The molecule has 0 bridgehead atoms. The number of halogens is 1. The molecule has 0 spiro atoms. The van der Waals surface area contributed by atoms with Crippen LogP contribution in [0, 0.1) is 6.92 Å². The van der Waals surface area contributed by atoms with Gasteiger partial charge in [-0.1, -0.05) is 16.8 Å². The van der Waals surface area contributed by atoms with Gasteiger partial charge >= 0.3 is 0 Å². The Morgan fingerprint density at radius 1 is 1.21 bits per heavy atom. The van der Waals surface area contributed by atoms with E-state index >= 15 is 0 Å². The van der Waals surface area contributed by atoms with Crippen molar-refractivity contribution < 1.29 is 14.1 Å². The average Bonchev–Trinajstić information content (AvgIpc) is 3.13. The van der Waals surface area contributed by atoms with Crippen molar-refractivity contribution in [1.29, 1.82) is 0 Å². The van der Waals surface area contributed by atoms with Crippen LogP contribution in [0.2, 0.25) is 5.02 Å². The molecule has 4 heterocycles. The lowest BCUT2D eigenvalue weighted by Crippen LogP contribution is -2.37. The second-order valence-electron chi connectivity index (χ2n) is 6.51. The minimum Gasteiger partial charge on any atom is -0.473 e. The van der Waals surface area contributed by atoms with E-state index in [0.29, 0.717) is 33.6 Å². The minimum absolute atomic E-state index is 0.00956. The first-order valence-electron chi connectivity index (χ1n) is 9.15. The molecule has 1 aliphatic rings. The number of aromatic nitrogens is 3. The van der Waals surface area contributed by atoms with Crippen molar-refractivity contribution in [2.45, 2.75) is 13.5 Å². The molecule has 0 atom stereocenters. The van der Waals surface area contributed by atoms with Gasteiger partial charge in [0.25, 0.3) is 5.91 Å². The zero-order valence-electron chi connectivity index (χ0n) is 15.8. The molecule has 1 amide bonds. The van der Waals surface area contributed by atoms with E-state index in [2.05, 4.69) is 15.1 Å². The molecule has 7 nitrogen and oxygen atoms in total. The Morgan fingerprint density at radius 2 is 2.03 bits per heavy atom. The molecule has 4 rings (SSSR count). The Kier molecular flexibility index (Phi) is 6.01. The van der Waals surface area contributed by atoms with Crippen LogP contribution in [0.1, 0.15) is 21.7 Å². The van der Waals surface area contributed by atoms with Crippen molar-refractivity contribution in [3.8, 4) is 17.3 Å². The molecule has 0 aromatic carbocycles. The monoisotopic (exact) mass is 430 g/mol. The molecule has 29 heavy (non-hydrogen) atoms. The molecule has 1 saturated heterocycles.